The molecular weight excluding hydrogens is 332 g/mol. The maximum absolute atomic E-state index is 5.73. The van der Waals surface area contributed by atoms with Crippen molar-refractivity contribution in [2.24, 2.45) is 11.1 Å². The SMILES string of the molecule is CC(C)C1=NO[C@H](c2nc(C3CC3)nn2-c2ccc3c(c2)OCCO3)C1. The predicted molar refractivity (Wildman–Crippen MR) is 95.0 cm³/mol. The normalized spacial score (nSPS) is 21.7. The Labute approximate surface area is 152 Å². The van der Waals surface area contributed by atoms with Gasteiger partial charge < -0.3 is 14.3 Å². The van der Waals surface area contributed by atoms with Gasteiger partial charge in [-0.25, -0.2) is 9.67 Å². The Morgan fingerprint density at radius 1 is 1.12 bits per heavy atom. The van der Waals surface area contributed by atoms with E-state index in [4.69, 9.17) is 24.4 Å². The maximum Gasteiger partial charge on any atom is 0.192 e. The van der Waals surface area contributed by atoms with E-state index in [0.717, 1.165) is 53.8 Å². The summed E-state index contributed by atoms with van der Waals surface area (Å²) in [5.41, 5.74) is 1.98. The van der Waals surface area contributed by atoms with Gasteiger partial charge >= 0.3 is 0 Å². The van der Waals surface area contributed by atoms with Crippen molar-refractivity contribution in [2.75, 3.05) is 13.2 Å². The van der Waals surface area contributed by atoms with Crippen LogP contribution in [0.15, 0.2) is 23.4 Å². The lowest BCUT2D eigenvalue weighted by Crippen LogP contribution is -2.16. The molecule has 1 atom stereocenters. The quantitative estimate of drug-likeness (QED) is 0.842. The van der Waals surface area contributed by atoms with E-state index in [9.17, 15) is 0 Å². The summed E-state index contributed by atoms with van der Waals surface area (Å²) in [5.74, 6) is 4.06. The smallest absolute Gasteiger partial charge is 0.192 e. The van der Waals surface area contributed by atoms with E-state index >= 15 is 0 Å². The van der Waals surface area contributed by atoms with Crippen molar-refractivity contribution < 1.29 is 14.3 Å². The van der Waals surface area contributed by atoms with E-state index in [0.29, 0.717) is 25.0 Å². The molecule has 1 fully saturated rings. The van der Waals surface area contributed by atoms with Crippen LogP contribution in [0.5, 0.6) is 11.5 Å². The summed E-state index contributed by atoms with van der Waals surface area (Å²) < 4.78 is 13.2. The molecule has 3 aliphatic rings. The molecule has 0 N–H and O–H groups in total. The number of ether oxygens (including phenoxy) is 2. The molecule has 1 aromatic carbocycles. The lowest BCUT2D eigenvalue weighted by molar-refractivity contribution is 0.0774. The Balaban J connectivity index is 1.52. The Hall–Kier alpha value is -2.57. The molecule has 5 rings (SSSR count). The zero-order valence-corrected chi connectivity index (χ0v) is 15.0. The Morgan fingerprint density at radius 3 is 2.65 bits per heavy atom. The molecule has 0 unspecified atom stereocenters. The van der Waals surface area contributed by atoms with Crippen molar-refractivity contribution in [3.8, 4) is 17.2 Å². The van der Waals surface area contributed by atoms with Crippen molar-refractivity contribution >= 4 is 5.71 Å². The molecule has 26 heavy (non-hydrogen) atoms. The van der Waals surface area contributed by atoms with Crippen LogP contribution in [0.1, 0.15) is 56.8 Å². The molecule has 136 valence electrons. The Bertz CT molecular complexity index is 870. The largest absolute Gasteiger partial charge is 0.486 e. The highest BCUT2D eigenvalue weighted by Gasteiger charge is 2.34. The van der Waals surface area contributed by atoms with Crippen LogP contribution >= 0.6 is 0 Å². The molecule has 1 aliphatic carbocycles. The van der Waals surface area contributed by atoms with E-state index in [-0.39, 0.29) is 6.10 Å². The molecule has 2 aromatic rings. The van der Waals surface area contributed by atoms with Gasteiger partial charge in [0, 0.05) is 18.4 Å². The number of nitrogens with zero attached hydrogens (tertiary/aromatic N) is 4. The number of rotatable bonds is 4. The molecule has 1 saturated carbocycles. The van der Waals surface area contributed by atoms with Crippen LogP contribution in [0, 0.1) is 5.92 Å². The minimum absolute atomic E-state index is 0.194. The number of hydrogen-bond donors (Lipinski definition) is 0. The molecule has 0 saturated heterocycles. The third-order valence-electron chi connectivity index (χ3n) is 5.01. The lowest BCUT2D eigenvalue weighted by Gasteiger charge is -2.19. The molecule has 1 aromatic heterocycles. The number of fused-ring (bicyclic) bond motifs is 1. The molecule has 3 heterocycles. The highest BCUT2D eigenvalue weighted by molar-refractivity contribution is 5.87. The van der Waals surface area contributed by atoms with Gasteiger partial charge in [0.2, 0.25) is 0 Å². The van der Waals surface area contributed by atoms with Crippen LogP contribution in [-0.4, -0.2) is 33.7 Å². The first kappa shape index (κ1) is 15.7. The summed E-state index contributed by atoms with van der Waals surface area (Å²) in [4.78, 5) is 10.5. The van der Waals surface area contributed by atoms with Crippen LogP contribution < -0.4 is 9.47 Å². The van der Waals surface area contributed by atoms with E-state index < -0.39 is 0 Å². The van der Waals surface area contributed by atoms with Gasteiger partial charge in [-0.3, -0.25) is 0 Å². The van der Waals surface area contributed by atoms with Gasteiger partial charge in [-0.2, -0.15) is 5.10 Å². The molecule has 0 spiro atoms. The monoisotopic (exact) mass is 354 g/mol. The average Bonchev–Trinajstić information content (AvgIpc) is 3.21. The van der Waals surface area contributed by atoms with Gasteiger partial charge in [0.1, 0.15) is 13.2 Å². The number of oxime groups is 1. The third kappa shape index (κ3) is 2.71. The Kier molecular flexibility index (Phi) is 3.62. The summed E-state index contributed by atoms with van der Waals surface area (Å²) in [7, 11) is 0. The van der Waals surface area contributed by atoms with E-state index in [1.165, 1.54) is 0 Å². The van der Waals surface area contributed by atoms with Crippen molar-refractivity contribution in [1.82, 2.24) is 14.8 Å². The van der Waals surface area contributed by atoms with Gasteiger partial charge in [0.25, 0.3) is 0 Å². The van der Waals surface area contributed by atoms with Crippen LogP contribution in [-0.2, 0) is 4.84 Å². The zero-order valence-electron chi connectivity index (χ0n) is 15.0. The average molecular weight is 354 g/mol. The summed E-state index contributed by atoms with van der Waals surface area (Å²) in [6, 6.07) is 5.88. The van der Waals surface area contributed by atoms with Crippen LogP contribution in [0.2, 0.25) is 0 Å². The second kappa shape index (κ2) is 6.00. The lowest BCUT2D eigenvalue weighted by atomic mass is 10.0. The molecule has 0 radical (unpaired) electrons. The standard InChI is InChI=1S/C19H22N4O3/c1-11(2)14-10-17(26-22-14)19-20-18(12-3-4-12)21-23(19)13-5-6-15-16(9-13)25-8-7-24-15/h5-6,9,11-12,17H,3-4,7-8,10H2,1-2H3/t17-/m0/s1. The van der Waals surface area contributed by atoms with E-state index in [1.807, 2.05) is 22.9 Å². The topological polar surface area (TPSA) is 70.8 Å². The minimum Gasteiger partial charge on any atom is -0.486 e. The van der Waals surface area contributed by atoms with Gasteiger partial charge in [-0.1, -0.05) is 19.0 Å². The third-order valence-corrected chi connectivity index (χ3v) is 5.01. The maximum atomic E-state index is 5.73. The minimum atomic E-state index is -0.194. The Morgan fingerprint density at radius 2 is 1.92 bits per heavy atom. The predicted octanol–water partition coefficient (Wildman–Crippen LogP) is 3.39. The van der Waals surface area contributed by atoms with E-state index in [1.54, 1.807) is 0 Å². The second-order valence-corrected chi connectivity index (χ2v) is 7.38. The highest BCUT2D eigenvalue weighted by Crippen LogP contribution is 2.40. The summed E-state index contributed by atoms with van der Waals surface area (Å²) in [6.07, 6.45) is 2.87. The van der Waals surface area contributed by atoms with Crippen molar-refractivity contribution in [3.63, 3.8) is 0 Å². The summed E-state index contributed by atoms with van der Waals surface area (Å²) in [6.45, 7) is 5.40. The van der Waals surface area contributed by atoms with E-state index in [2.05, 4.69) is 19.0 Å². The number of hydrogen-bond acceptors (Lipinski definition) is 6. The molecule has 2 aliphatic heterocycles. The van der Waals surface area contributed by atoms with Crippen LogP contribution in [0.3, 0.4) is 0 Å². The van der Waals surface area contributed by atoms with Gasteiger partial charge in [0.05, 0.1) is 11.4 Å². The van der Waals surface area contributed by atoms with Gasteiger partial charge in [-0.05, 0) is 30.9 Å². The van der Waals surface area contributed by atoms with Crippen LogP contribution in [0.4, 0.5) is 0 Å². The first-order chi connectivity index (χ1) is 12.7. The first-order valence-corrected chi connectivity index (χ1v) is 9.28. The molecular formula is C19H22N4O3. The first-order valence-electron chi connectivity index (χ1n) is 9.28. The van der Waals surface area contributed by atoms with Gasteiger partial charge in [0.15, 0.2) is 29.3 Å². The van der Waals surface area contributed by atoms with Crippen molar-refractivity contribution in [3.05, 3.63) is 29.8 Å². The summed E-state index contributed by atoms with van der Waals surface area (Å²) >= 11 is 0. The van der Waals surface area contributed by atoms with Crippen molar-refractivity contribution in [1.29, 1.82) is 0 Å². The fourth-order valence-corrected chi connectivity index (χ4v) is 3.29. The fraction of sp³-hybridized carbons (Fsp3) is 0.526. The summed E-state index contributed by atoms with van der Waals surface area (Å²) in [5, 5.41) is 9.04. The molecule has 7 nitrogen and oxygen atoms in total. The molecule has 7 heteroatoms. The molecule has 0 bridgehead atoms. The fourth-order valence-electron chi connectivity index (χ4n) is 3.29. The number of benzene rings is 1. The highest BCUT2D eigenvalue weighted by atomic mass is 16.6. The zero-order chi connectivity index (χ0) is 17.7. The second-order valence-electron chi connectivity index (χ2n) is 7.38. The number of aromatic nitrogens is 3. The van der Waals surface area contributed by atoms with Crippen molar-refractivity contribution in [2.45, 2.75) is 45.1 Å². The molecule has 0 amide bonds. The van der Waals surface area contributed by atoms with Crippen LogP contribution in [0.25, 0.3) is 5.69 Å². The van der Waals surface area contributed by atoms with Gasteiger partial charge in [-0.15, -0.1) is 0 Å².